The third-order valence-electron chi connectivity index (χ3n) is 3.49. The Labute approximate surface area is 120 Å². The number of benzene rings is 1. The molecule has 0 spiro atoms. The highest BCUT2D eigenvalue weighted by molar-refractivity contribution is 7.12. The van der Waals surface area contributed by atoms with Crippen molar-refractivity contribution in [1.29, 1.82) is 0 Å². The predicted molar refractivity (Wildman–Crippen MR) is 82.3 cm³/mol. The molecule has 2 heterocycles. The van der Waals surface area contributed by atoms with Crippen molar-refractivity contribution in [1.82, 2.24) is 9.55 Å². The number of ketones is 1. The lowest BCUT2D eigenvalue weighted by atomic mass is 10.1. The molecule has 0 aliphatic carbocycles. The summed E-state index contributed by atoms with van der Waals surface area (Å²) < 4.78 is 1.78. The average Bonchev–Trinajstić information content (AvgIpc) is 3.01. The Morgan fingerprint density at radius 1 is 1.35 bits per heavy atom. The molecular weight excluding hydrogens is 270 g/mol. The second kappa shape index (κ2) is 4.76. The molecule has 0 saturated carbocycles. The van der Waals surface area contributed by atoms with Crippen LogP contribution in [0, 0.1) is 13.8 Å². The Hall–Kier alpha value is -2.14. The van der Waals surface area contributed by atoms with Crippen LogP contribution in [0.1, 0.15) is 20.8 Å². The predicted octanol–water partition coefficient (Wildman–Crippen LogP) is 3.18. The van der Waals surface area contributed by atoms with Gasteiger partial charge >= 0.3 is 0 Å². The van der Waals surface area contributed by atoms with Gasteiger partial charge in [-0.15, -0.1) is 11.3 Å². The molecule has 3 rings (SSSR count). The molecule has 0 radical (unpaired) electrons. The van der Waals surface area contributed by atoms with Gasteiger partial charge in [0.25, 0.3) is 0 Å². The molecule has 0 bridgehead atoms. The van der Waals surface area contributed by atoms with Crippen molar-refractivity contribution in [3.63, 3.8) is 0 Å². The van der Waals surface area contributed by atoms with Crippen molar-refractivity contribution in [2.75, 3.05) is 5.73 Å². The van der Waals surface area contributed by atoms with E-state index in [0.717, 1.165) is 15.9 Å². The van der Waals surface area contributed by atoms with Crippen LogP contribution in [-0.4, -0.2) is 15.3 Å². The minimum atomic E-state index is 0.0595. The minimum Gasteiger partial charge on any atom is -0.369 e. The van der Waals surface area contributed by atoms with Crippen molar-refractivity contribution >= 4 is 34.1 Å². The number of hydrogen-bond donors (Lipinski definition) is 1. The van der Waals surface area contributed by atoms with E-state index in [-0.39, 0.29) is 12.3 Å². The first-order valence-electron chi connectivity index (χ1n) is 6.36. The third kappa shape index (κ3) is 2.10. The van der Waals surface area contributed by atoms with Crippen molar-refractivity contribution < 1.29 is 4.79 Å². The summed E-state index contributed by atoms with van der Waals surface area (Å²) in [5.41, 5.74) is 10.0. The van der Waals surface area contributed by atoms with Crippen LogP contribution >= 0.6 is 11.3 Å². The molecule has 2 aromatic heterocycles. The zero-order valence-corrected chi connectivity index (χ0v) is 12.2. The van der Waals surface area contributed by atoms with E-state index >= 15 is 0 Å². The number of carbonyl (C=O) groups excluding carboxylic acids is 1. The van der Waals surface area contributed by atoms with Gasteiger partial charge in [0.05, 0.1) is 22.5 Å². The zero-order valence-electron chi connectivity index (χ0n) is 11.4. The van der Waals surface area contributed by atoms with E-state index in [1.165, 1.54) is 22.5 Å². The number of aromatic nitrogens is 2. The van der Waals surface area contributed by atoms with Gasteiger partial charge in [-0.2, -0.15) is 0 Å². The number of imidazole rings is 1. The fourth-order valence-electron chi connectivity index (χ4n) is 2.22. The fraction of sp³-hybridized carbons (Fsp3) is 0.200. The number of anilines is 1. The summed E-state index contributed by atoms with van der Waals surface area (Å²) >= 11 is 1.45. The van der Waals surface area contributed by atoms with Gasteiger partial charge in [-0.25, -0.2) is 4.98 Å². The number of carbonyl (C=O) groups is 1. The van der Waals surface area contributed by atoms with Gasteiger partial charge < -0.3 is 10.3 Å². The Morgan fingerprint density at radius 3 is 2.80 bits per heavy atom. The average molecular weight is 285 g/mol. The number of rotatable bonds is 3. The molecule has 20 heavy (non-hydrogen) atoms. The summed E-state index contributed by atoms with van der Waals surface area (Å²) in [4.78, 5) is 17.3. The van der Waals surface area contributed by atoms with Gasteiger partial charge in [-0.1, -0.05) is 6.07 Å². The third-order valence-corrected chi connectivity index (χ3v) is 4.40. The van der Waals surface area contributed by atoms with Crippen molar-refractivity contribution in [2.45, 2.75) is 20.4 Å². The van der Waals surface area contributed by atoms with Crippen LogP contribution < -0.4 is 5.73 Å². The van der Waals surface area contributed by atoms with E-state index in [1.807, 2.05) is 43.5 Å². The lowest BCUT2D eigenvalue weighted by Crippen LogP contribution is -2.11. The Kier molecular flexibility index (Phi) is 3.06. The van der Waals surface area contributed by atoms with E-state index in [0.29, 0.717) is 5.95 Å². The molecule has 0 amide bonds. The highest BCUT2D eigenvalue weighted by atomic mass is 32.1. The van der Waals surface area contributed by atoms with E-state index in [9.17, 15) is 4.79 Å². The summed E-state index contributed by atoms with van der Waals surface area (Å²) in [5.74, 6) is 0.444. The van der Waals surface area contributed by atoms with Crippen LogP contribution in [0.25, 0.3) is 11.0 Å². The number of aryl methyl sites for hydroxylation is 2. The molecular formula is C15H15N3OS. The molecule has 2 N–H and O–H groups in total. The molecule has 0 unspecified atom stereocenters. The summed E-state index contributed by atoms with van der Waals surface area (Å²) in [6.45, 7) is 4.32. The lowest BCUT2D eigenvalue weighted by Gasteiger charge is -2.06. The van der Waals surface area contributed by atoms with Crippen molar-refractivity contribution in [3.05, 3.63) is 45.6 Å². The molecule has 0 atom stereocenters. The molecule has 4 nitrogen and oxygen atoms in total. The first-order chi connectivity index (χ1) is 9.56. The topological polar surface area (TPSA) is 60.9 Å². The molecule has 3 aromatic rings. The van der Waals surface area contributed by atoms with Gasteiger partial charge in [0.15, 0.2) is 5.78 Å². The van der Waals surface area contributed by atoms with Crippen LogP contribution in [0.15, 0.2) is 29.6 Å². The molecule has 0 aliphatic heterocycles. The maximum Gasteiger partial charge on any atom is 0.201 e. The Balaban J connectivity index is 2.05. The summed E-state index contributed by atoms with van der Waals surface area (Å²) in [6.07, 6.45) is 0. The quantitative estimate of drug-likeness (QED) is 0.752. The molecule has 0 aliphatic rings. The lowest BCUT2D eigenvalue weighted by molar-refractivity contribution is 0.0978. The minimum absolute atomic E-state index is 0.0595. The number of thiophene rings is 1. The van der Waals surface area contributed by atoms with Crippen LogP contribution in [-0.2, 0) is 6.54 Å². The summed E-state index contributed by atoms with van der Waals surface area (Å²) in [7, 11) is 0. The van der Waals surface area contributed by atoms with Gasteiger partial charge in [0, 0.05) is 0 Å². The molecule has 5 heteroatoms. The van der Waals surface area contributed by atoms with E-state index in [4.69, 9.17) is 5.73 Å². The normalized spacial score (nSPS) is 11.1. The largest absolute Gasteiger partial charge is 0.369 e. The molecule has 0 fully saturated rings. The van der Waals surface area contributed by atoms with E-state index in [1.54, 1.807) is 4.57 Å². The summed E-state index contributed by atoms with van der Waals surface area (Å²) in [6, 6.07) is 7.75. The van der Waals surface area contributed by atoms with E-state index in [2.05, 4.69) is 4.98 Å². The first kappa shape index (κ1) is 12.9. The number of Topliss-reactive ketones (excluding diaryl/α,β-unsaturated/α-hetero) is 1. The van der Waals surface area contributed by atoms with Gasteiger partial charge in [-0.05, 0) is 48.6 Å². The number of nitrogen functional groups attached to an aromatic ring is 1. The van der Waals surface area contributed by atoms with Crippen LogP contribution in [0.3, 0.4) is 0 Å². The maximum atomic E-state index is 12.2. The second-order valence-electron chi connectivity index (χ2n) is 4.88. The molecule has 0 saturated heterocycles. The van der Waals surface area contributed by atoms with Crippen molar-refractivity contribution in [2.24, 2.45) is 0 Å². The number of nitrogens with two attached hydrogens (primary N) is 1. The van der Waals surface area contributed by atoms with Gasteiger partial charge in [0.2, 0.25) is 5.95 Å². The zero-order chi connectivity index (χ0) is 14.3. The Morgan fingerprint density at radius 2 is 2.10 bits per heavy atom. The van der Waals surface area contributed by atoms with Gasteiger partial charge in [-0.3, -0.25) is 4.79 Å². The number of hydrogen-bond acceptors (Lipinski definition) is 4. The second-order valence-corrected chi connectivity index (χ2v) is 5.83. The van der Waals surface area contributed by atoms with Crippen LogP contribution in [0.2, 0.25) is 0 Å². The SMILES string of the molecule is Cc1cc2nc(N)n(CC(=O)c3cccs3)c2cc1C. The summed E-state index contributed by atoms with van der Waals surface area (Å²) in [5, 5.41) is 1.90. The fourth-order valence-corrected chi connectivity index (χ4v) is 2.88. The maximum absolute atomic E-state index is 12.2. The first-order valence-corrected chi connectivity index (χ1v) is 7.24. The van der Waals surface area contributed by atoms with E-state index < -0.39 is 0 Å². The van der Waals surface area contributed by atoms with Gasteiger partial charge in [0.1, 0.15) is 0 Å². The van der Waals surface area contributed by atoms with Crippen molar-refractivity contribution in [3.8, 4) is 0 Å². The standard InChI is InChI=1S/C15H15N3OS/c1-9-6-11-12(7-10(9)2)18(15(16)17-11)8-13(19)14-4-3-5-20-14/h3-7H,8H2,1-2H3,(H2,16,17). The molecule has 102 valence electrons. The monoisotopic (exact) mass is 285 g/mol. The highest BCUT2D eigenvalue weighted by Gasteiger charge is 2.14. The van der Waals surface area contributed by atoms with Crippen LogP contribution in [0.4, 0.5) is 5.95 Å². The smallest absolute Gasteiger partial charge is 0.201 e. The number of nitrogens with zero attached hydrogens (tertiary/aromatic N) is 2. The number of fused-ring (bicyclic) bond motifs is 1. The highest BCUT2D eigenvalue weighted by Crippen LogP contribution is 2.23. The molecule has 1 aromatic carbocycles. The Bertz CT molecular complexity index is 787. The van der Waals surface area contributed by atoms with Crippen LogP contribution in [0.5, 0.6) is 0 Å².